The standard InChI is InChI=1S/C11H16N2O3/c1-2-10(13-7-14)6-11(10,9(15)16)8-4-3-5-12-8/h2,7-8,12H,1,3-6H2,(H,13,14)(H,15,16). The van der Waals surface area contributed by atoms with Gasteiger partial charge in [0, 0.05) is 6.04 Å². The molecule has 1 saturated carbocycles. The highest BCUT2D eigenvalue weighted by atomic mass is 16.4. The van der Waals surface area contributed by atoms with Crippen LogP contribution in [0, 0.1) is 5.41 Å². The lowest BCUT2D eigenvalue weighted by Gasteiger charge is -2.25. The van der Waals surface area contributed by atoms with Crippen LogP contribution in [0.15, 0.2) is 12.7 Å². The van der Waals surface area contributed by atoms with Crippen molar-refractivity contribution < 1.29 is 14.7 Å². The van der Waals surface area contributed by atoms with Crippen LogP contribution in [-0.2, 0) is 9.59 Å². The van der Waals surface area contributed by atoms with E-state index in [0.717, 1.165) is 19.4 Å². The molecule has 0 aromatic carbocycles. The highest BCUT2D eigenvalue weighted by molar-refractivity contribution is 5.85. The zero-order chi connectivity index (χ0) is 11.8. The molecule has 1 amide bonds. The molecule has 16 heavy (non-hydrogen) atoms. The Labute approximate surface area is 93.9 Å². The third kappa shape index (κ3) is 1.21. The van der Waals surface area contributed by atoms with Crippen molar-refractivity contribution in [3.05, 3.63) is 12.7 Å². The third-order valence-electron chi connectivity index (χ3n) is 3.93. The summed E-state index contributed by atoms with van der Waals surface area (Å²) in [7, 11) is 0. The smallest absolute Gasteiger partial charge is 0.314 e. The number of rotatable bonds is 5. The summed E-state index contributed by atoms with van der Waals surface area (Å²) < 4.78 is 0. The second-order valence-corrected chi connectivity index (χ2v) is 4.54. The second-order valence-electron chi connectivity index (χ2n) is 4.54. The van der Waals surface area contributed by atoms with Crippen LogP contribution in [0.4, 0.5) is 0 Å². The topological polar surface area (TPSA) is 78.4 Å². The zero-order valence-corrected chi connectivity index (χ0v) is 9.03. The molecule has 2 rings (SSSR count). The van der Waals surface area contributed by atoms with Crippen LogP contribution in [0.5, 0.6) is 0 Å². The normalized spacial score (nSPS) is 41.4. The van der Waals surface area contributed by atoms with Gasteiger partial charge in [0.05, 0.1) is 5.54 Å². The minimum Gasteiger partial charge on any atom is -0.481 e. The average Bonchev–Trinajstić information content (AvgIpc) is 2.68. The minimum absolute atomic E-state index is 0.0737. The molecular formula is C11H16N2O3. The SMILES string of the molecule is C=CC1(NC=O)CC1(C(=O)O)C1CCCN1. The second kappa shape index (κ2) is 3.59. The molecule has 88 valence electrons. The molecule has 2 aliphatic rings. The summed E-state index contributed by atoms with van der Waals surface area (Å²) in [6.45, 7) is 4.49. The lowest BCUT2D eigenvalue weighted by molar-refractivity contribution is -0.145. The van der Waals surface area contributed by atoms with Gasteiger partial charge in [-0.05, 0) is 25.8 Å². The van der Waals surface area contributed by atoms with Gasteiger partial charge in [-0.25, -0.2) is 0 Å². The first-order valence-electron chi connectivity index (χ1n) is 5.45. The van der Waals surface area contributed by atoms with E-state index >= 15 is 0 Å². The fourth-order valence-corrected chi connectivity index (χ4v) is 2.95. The molecule has 5 heteroatoms. The maximum absolute atomic E-state index is 11.5. The van der Waals surface area contributed by atoms with Crippen LogP contribution in [-0.4, -0.2) is 35.6 Å². The number of carbonyl (C=O) groups excluding carboxylic acids is 1. The van der Waals surface area contributed by atoms with E-state index in [1.54, 1.807) is 6.08 Å². The lowest BCUT2D eigenvalue weighted by atomic mass is 9.89. The molecule has 3 N–H and O–H groups in total. The van der Waals surface area contributed by atoms with Gasteiger partial charge in [-0.1, -0.05) is 6.08 Å². The van der Waals surface area contributed by atoms with E-state index in [-0.39, 0.29) is 6.04 Å². The molecule has 0 radical (unpaired) electrons. The van der Waals surface area contributed by atoms with Crippen molar-refractivity contribution in [1.29, 1.82) is 0 Å². The van der Waals surface area contributed by atoms with E-state index in [4.69, 9.17) is 0 Å². The highest BCUT2D eigenvalue weighted by Crippen LogP contribution is 2.60. The Kier molecular flexibility index (Phi) is 2.50. The first-order valence-corrected chi connectivity index (χ1v) is 5.45. The van der Waals surface area contributed by atoms with Crippen molar-refractivity contribution in [2.24, 2.45) is 5.41 Å². The van der Waals surface area contributed by atoms with Crippen molar-refractivity contribution >= 4 is 12.4 Å². The summed E-state index contributed by atoms with van der Waals surface area (Å²) in [5.41, 5.74) is -1.69. The summed E-state index contributed by atoms with van der Waals surface area (Å²) in [6, 6.07) is -0.0737. The van der Waals surface area contributed by atoms with E-state index in [0.29, 0.717) is 12.8 Å². The molecular weight excluding hydrogens is 208 g/mol. The fraction of sp³-hybridized carbons (Fsp3) is 0.636. The number of hydrogen-bond acceptors (Lipinski definition) is 3. The van der Waals surface area contributed by atoms with E-state index in [1.807, 2.05) is 0 Å². The van der Waals surface area contributed by atoms with E-state index in [2.05, 4.69) is 17.2 Å². The van der Waals surface area contributed by atoms with Gasteiger partial charge in [0.15, 0.2) is 0 Å². The number of carboxylic acids is 1. The first kappa shape index (κ1) is 11.1. The van der Waals surface area contributed by atoms with Gasteiger partial charge in [-0.15, -0.1) is 6.58 Å². The predicted molar refractivity (Wildman–Crippen MR) is 57.8 cm³/mol. The first-order chi connectivity index (χ1) is 7.63. The van der Waals surface area contributed by atoms with Crippen LogP contribution >= 0.6 is 0 Å². The Balaban J connectivity index is 2.29. The Morgan fingerprint density at radius 2 is 2.38 bits per heavy atom. The van der Waals surface area contributed by atoms with Crippen molar-refractivity contribution in [2.45, 2.75) is 30.8 Å². The third-order valence-corrected chi connectivity index (χ3v) is 3.93. The largest absolute Gasteiger partial charge is 0.481 e. The number of nitrogens with one attached hydrogen (secondary N) is 2. The van der Waals surface area contributed by atoms with Crippen LogP contribution in [0.2, 0.25) is 0 Å². The van der Waals surface area contributed by atoms with Gasteiger partial charge in [-0.2, -0.15) is 0 Å². The van der Waals surface area contributed by atoms with Crippen LogP contribution < -0.4 is 10.6 Å². The molecule has 3 unspecified atom stereocenters. The fourth-order valence-electron chi connectivity index (χ4n) is 2.95. The highest BCUT2D eigenvalue weighted by Gasteiger charge is 2.74. The Morgan fingerprint density at radius 3 is 2.81 bits per heavy atom. The number of hydrogen-bond donors (Lipinski definition) is 3. The summed E-state index contributed by atoms with van der Waals surface area (Å²) in [6.07, 6.45) is 4.35. The van der Waals surface area contributed by atoms with E-state index in [9.17, 15) is 14.7 Å². The molecule has 1 aliphatic carbocycles. The van der Waals surface area contributed by atoms with Crippen molar-refractivity contribution in [1.82, 2.24) is 10.6 Å². The molecule has 0 bridgehead atoms. The van der Waals surface area contributed by atoms with Crippen LogP contribution in [0.25, 0.3) is 0 Å². The molecule has 1 aliphatic heterocycles. The summed E-state index contributed by atoms with van der Waals surface area (Å²) in [5.74, 6) is -0.860. The van der Waals surface area contributed by atoms with Gasteiger partial charge in [-0.3, -0.25) is 9.59 Å². The molecule has 2 fully saturated rings. The molecule has 1 saturated heterocycles. The molecule has 0 spiro atoms. The molecule has 3 atom stereocenters. The van der Waals surface area contributed by atoms with Gasteiger partial charge in [0.2, 0.25) is 6.41 Å². The summed E-state index contributed by atoms with van der Waals surface area (Å²) in [5, 5.41) is 15.2. The number of amides is 1. The minimum atomic E-state index is -0.911. The molecule has 0 aromatic heterocycles. The maximum atomic E-state index is 11.5. The number of carboxylic acid groups (broad SMARTS) is 1. The summed E-state index contributed by atoms with van der Waals surface area (Å²) in [4.78, 5) is 22.0. The molecule has 5 nitrogen and oxygen atoms in total. The van der Waals surface area contributed by atoms with E-state index < -0.39 is 16.9 Å². The Bertz CT molecular complexity index is 338. The van der Waals surface area contributed by atoms with Crippen LogP contribution in [0.3, 0.4) is 0 Å². The van der Waals surface area contributed by atoms with Gasteiger partial charge < -0.3 is 15.7 Å². The average molecular weight is 224 g/mol. The van der Waals surface area contributed by atoms with Crippen molar-refractivity contribution in [2.75, 3.05) is 6.54 Å². The molecule has 1 heterocycles. The quantitative estimate of drug-likeness (QED) is 0.449. The molecule has 0 aromatic rings. The van der Waals surface area contributed by atoms with Gasteiger partial charge >= 0.3 is 5.97 Å². The predicted octanol–water partition coefficient (Wildman–Crippen LogP) is -0.116. The van der Waals surface area contributed by atoms with Gasteiger partial charge in [0.1, 0.15) is 5.41 Å². The number of carbonyl (C=O) groups is 2. The van der Waals surface area contributed by atoms with Crippen molar-refractivity contribution in [3.8, 4) is 0 Å². The Morgan fingerprint density at radius 1 is 1.62 bits per heavy atom. The number of aliphatic carboxylic acids is 1. The van der Waals surface area contributed by atoms with Crippen LogP contribution in [0.1, 0.15) is 19.3 Å². The lowest BCUT2D eigenvalue weighted by Crippen LogP contribution is -2.47. The summed E-state index contributed by atoms with van der Waals surface area (Å²) >= 11 is 0. The monoisotopic (exact) mass is 224 g/mol. The van der Waals surface area contributed by atoms with Gasteiger partial charge in [0.25, 0.3) is 0 Å². The maximum Gasteiger partial charge on any atom is 0.314 e. The Hall–Kier alpha value is -1.36. The van der Waals surface area contributed by atoms with E-state index in [1.165, 1.54) is 0 Å². The zero-order valence-electron chi connectivity index (χ0n) is 9.03. The van der Waals surface area contributed by atoms with Crippen molar-refractivity contribution in [3.63, 3.8) is 0 Å².